The number of nitrogen functional groups attached to an aromatic ring is 1. The highest BCUT2D eigenvalue weighted by Gasteiger charge is 2.24. The molecular formula is C16H23N5. The molecule has 112 valence electrons. The van der Waals surface area contributed by atoms with Gasteiger partial charge in [0.25, 0.3) is 0 Å². The van der Waals surface area contributed by atoms with E-state index in [-0.39, 0.29) is 0 Å². The summed E-state index contributed by atoms with van der Waals surface area (Å²) in [4.78, 5) is 0. The molecule has 0 spiro atoms. The molecule has 5 heteroatoms. The van der Waals surface area contributed by atoms with Gasteiger partial charge in [-0.05, 0) is 73.1 Å². The molecule has 1 heterocycles. The Labute approximate surface area is 125 Å². The second kappa shape index (κ2) is 5.47. The van der Waals surface area contributed by atoms with Gasteiger partial charge in [0, 0.05) is 11.3 Å². The van der Waals surface area contributed by atoms with Gasteiger partial charge in [-0.2, -0.15) is 0 Å². The Balaban J connectivity index is 1.97. The van der Waals surface area contributed by atoms with Crippen LogP contribution in [0.3, 0.4) is 0 Å². The van der Waals surface area contributed by atoms with Crippen LogP contribution in [0, 0.1) is 19.8 Å². The van der Waals surface area contributed by atoms with Gasteiger partial charge in [-0.15, -0.1) is 5.10 Å². The van der Waals surface area contributed by atoms with E-state index in [9.17, 15) is 0 Å². The highest BCUT2D eigenvalue weighted by atomic mass is 15.5. The maximum absolute atomic E-state index is 6.06. The summed E-state index contributed by atoms with van der Waals surface area (Å²) in [5.74, 6) is 1.66. The van der Waals surface area contributed by atoms with Crippen molar-refractivity contribution in [2.45, 2.75) is 52.5 Å². The van der Waals surface area contributed by atoms with Gasteiger partial charge >= 0.3 is 0 Å². The van der Waals surface area contributed by atoms with Crippen molar-refractivity contribution in [1.29, 1.82) is 0 Å². The smallest absolute Gasteiger partial charge is 0.182 e. The van der Waals surface area contributed by atoms with Gasteiger partial charge < -0.3 is 5.73 Å². The zero-order chi connectivity index (χ0) is 15.0. The Bertz CT molecular complexity index is 638. The third-order valence-electron chi connectivity index (χ3n) is 4.68. The van der Waals surface area contributed by atoms with Gasteiger partial charge in [-0.3, -0.25) is 0 Å². The molecule has 0 unspecified atom stereocenters. The molecule has 1 aliphatic carbocycles. The molecule has 0 aliphatic heterocycles. The van der Waals surface area contributed by atoms with E-state index in [1.54, 1.807) is 0 Å². The minimum Gasteiger partial charge on any atom is -0.398 e. The number of tetrazole rings is 1. The summed E-state index contributed by atoms with van der Waals surface area (Å²) in [6.45, 7) is 6.43. The zero-order valence-electron chi connectivity index (χ0n) is 13.0. The Morgan fingerprint density at radius 3 is 2.52 bits per heavy atom. The summed E-state index contributed by atoms with van der Waals surface area (Å²) in [5, 5.41) is 12.4. The second-order valence-corrected chi connectivity index (χ2v) is 6.38. The van der Waals surface area contributed by atoms with Crippen molar-refractivity contribution in [2.24, 2.45) is 5.92 Å². The summed E-state index contributed by atoms with van der Waals surface area (Å²) in [5.41, 5.74) is 10.2. The Kier molecular flexibility index (Phi) is 3.66. The first-order chi connectivity index (χ1) is 10.1. The molecule has 21 heavy (non-hydrogen) atoms. The number of hydrogen-bond acceptors (Lipinski definition) is 4. The summed E-state index contributed by atoms with van der Waals surface area (Å²) in [6, 6.07) is 4.51. The molecule has 2 aromatic rings. The van der Waals surface area contributed by atoms with E-state index in [0.717, 1.165) is 41.4 Å². The fourth-order valence-electron chi connectivity index (χ4n) is 3.21. The van der Waals surface area contributed by atoms with Crippen molar-refractivity contribution in [2.75, 3.05) is 5.73 Å². The van der Waals surface area contributed by atoms with Crippen molar-refractivity contribution < 1.29 is 0 Å². The number of nitrogens with zero attached hydrogens (tertiary/aromatic N) is 4. The van der Waals surface area contributed by atoms with Crippen LogP contribution in [-0.4, -0.2) is 20.2 Å². The number of benzene rings is 1. The standard InChI is InChI=1S/C16H23N5/c1-10-4-6-13(7-5-10)21-16(18-19-20-21)14-9-15(17)12(3)8-11(14)2/h8-10,13H,4-7,17H2,1-3H3. The molecule has 0 atom stereocenters. The van der Waals surface area contributed by atoms with E-state index in [4.69, 9.17) is 5.73 Å². The third kappa shape index (κ3) is 2.64. The minimum absolute atomic E-state index is 0.410. The molecule has 1 saturated carbocycles. The average Bonchev–Trinajstić information content (AvgIpc) is 2.93. The van der Waals surface area contributed by atoms with Gasteiger partial charge in [0.1, 0.15) is 0 Å². The van der Waals surface area contributed by atoms with Crippen molar-refractivity contribution >= 4 is 5.69 Å². The molecule has 1 fully saturated rings. The number of anilines is 1. The molecule has 1 aromatic carbocycles. The zero-order valence-corrected chi connectivity index (χ0v) is 13.0. The van der Waals surface area contributed by atoms with Gasteiger partial charge in [-0.25, -0.2) is 4.68 Å². The van der Waals surface area contributed by atoms with E-state index >= 15 is 0 Å². The Morgan fingerprint density at radius 1 is 1.10 bits per heavy atom. The molecule has 1 aromatic heterocycles. The summed E-state index contributed by atoms with van der Waals surface area (Å²) in [6.07, 6.45) is 4.80. The number of aryl methyl sites for hydroxylation is 2. The van der Waals surface area contributed by atoms with E-state index in [1.165, 1.54) is 18.4 Å². The van der Waals surface area contributed by atoms with E-state index in [1.807, 2.05) is 17.7 Å². The maximum Gasteiger partial charge on any atom is 0.182 e. The summed E-state index contributed by atoms with van der Waals surface area (Å²) >= 11 is 0. The lowest BCUT2D eigenvalue weighted by atomic mass is 9.87. The quantitative estimate of drug-likeness (QED) is 0.860. The topological polar surface area (TPSA) is 69.6 Å². The second-order valence-electron chi connectivity index (χ2n) is 6.38. The molecule has 3 rings (SSSR count). The number of rotatable bonds is 2. The minimum atomic E-state index is 0.410. The Morgan fingerprint density at radius 2 is 1.81 bits per heavy atom. The van der Waals surface area contributed by atoms with Crippen LogP contribution in [0.25, 0.3) is 11.4 Å². The lowest BCUT2D eigenvalue weighted by Gasteiger charge is -2.26. The lowest BCUT2D eigenvalue weighted by molar-refractivity contribution is 0.272. The molecule has 1 aliphatic rings. The maximum atomic E-state index is 6.06. The van der Waals surface area contributed by atoms with Crippen molar-refractivity contribution in [3.8, 4) is 11.4 Å². The van der Waals surface area contributed by atoms with Crippen molar-refractivity contribution in [3.63, 3.8) is 0 Å². The first-order valence-corrected chi connectivity index (χ1v) is 7.71. The summed E-state index contributed by atoms with van der Waals surface area (Å²) in [7, 11) is 0. The normalized spacial score (nSPS) is 22.4. The predicted octanol–water partition coefficient (Wildman–Crippen LogP) is 3.29. The van der Waals surface area contributed by atoms with Crippen LogP contribution >= 0.6 is 0 Å². The van der Waals surface area contributed by atoms with Gasteiger partial charge in [-0.1, -0.05) is 13.0 Å². The van der Waals surface area contributed by atoms with E-state index in [0.29, 0.717) is 6.04 Å². The largest absolute Gasteiger partial charge is 0.398 e. The molecule has 0 radical (unpaired) electrons. The molecule has 0 amide bonds. The van der Waals surface area contributed by atoms with Gasteiger partial charge in [0.2, 0.25) is 0 Å². The van der Waals surface area contributed by atoms with Crippen LogP contribution in [0.5, 0.6) is 0 Å². The predicted molar refractivity (Wildman–Crippen MR) is 83.8 cm³/mol. The number of aromatic nitrogens is 4. The highest BCUT2D eigenvalue weighted by molar-refractivity contribution is 5.67. The van der Waals surface area contributed by atoms with Crippen molar-refractivity contribution in [3.05, 3.63) is 23.3 Å². The lowest BCUT2D eigenvalue weighted by Crippen LogP contribution is -2.19. The average molecular weight is 285 g/mol. The SMILES string of the molecule is Cc1cc(C)c(-c2nnnn2C2CCC(C)CC2)cc1N. The highest BCUT2D eigenvalue weighted by Crippen LogP contribution is 2.34. The van der Waals surface area contributed by atoms with Crippen LogP contribution < -0.4 is 5.73 Å². The first kappa shape index (κ1) is 14.0. The molecule has 0 saturated heterocycles. The molecular weight excluding hydrogens is 262 g/mol. The molecule has 5 nitrogen and oxygen atoms in total. The van der Waals surface area contributed by atoms with E-state index < -0.39 is 0 Å². The number of nitrogens with two attached hydrogens (primary N) is 1. The monoisotopic (exact) mass is 285 g/mol. The third-order valence-corrected chi connectivity index (χ3v) is 4.68. The van der Waals surface area contributed by atoms with Crippen LogP contribution in [0.15, 0.2) is 12.1 Å². The van der Waals surface area contributed by atoms with E-state index in [2.05, 4.69) is 35.4 Å². The fraction of sp³-hybridized carbons (Fsp3) is 0.562. The van der Waals surface area contributed by atoms with Crippen LogP contribution in [0.2, 0.25) is 0 Å². The number of hydrogen-bond donors (Lipinski definition) is 1. The van der Waals surface area contributed by atoms with Gasteiger partial charge in [0.05, 0.1) is 6.04 Å². The van der Waals surface area contributed by atoms with Gasteiger partial charge in [0.15, 0.2) is 5.82 Å². The van der Waals surface area contributed by atoms with Crippen LogP contribution in [0.4, 0.5) is 5.69 Å². The van der Waals surface area contributed by atoms with Crippen molar-refractivity contribution in [1.82, 2.24) is 20.2 Å². The summed E-state index contributed by atoms with van der Waals surface area (Å²) < 4.78 is 2.00. The Hall–Kier alpha value is -1.91. The van der Waals surface area contributed by atoms with Crippen LogP contribution in [-0.2, 0) is 0 Å². The van der Waals surface area contributed by atoms with Crippen LogP contribution in [0.1, 0.15) is 49.8 Å². The fourth-order valence-corrected chi connectivity index (χ4v) is 3.21. The molecule has 0 bridgehead atoms. The molecule has 2 N–H and O–H groups in total. The first-order valence-electron chi connectivity index (χ1n) is 7.71.